The average Bonchev–Trinajstić information content (AvgIpc) is 3.19. The fraction of sp³-hybridized carbons (Fsp3) is 0.200. The van der Waals surface area contributed by atoms with Gasteiger partial charge in [-0.05, 0) is 31.5 Å². The summed E-state index contributed by atoms with van der Waals surface area (Å²) in [7, 11) is 0. The lowest BCUT2D eigenvalue weighted by molar-refractivity contribution is -0.116. The number of rotatable bonds is 5. The standard InChI is InChI=1S/C20H20N6O/c1-14-20(15(2)25(23-14)12-16-8-4-3-5-9-16)21-19(27)13-26-18-11-7-6-10-17(18)22-24-26/h3-11H,12-13H2,1-2H3,(H,21,27). The van der Waals surface area contributed by atoms with Crippen LogP contribution in [0.25, 0.3) is 11.0 Å². The van der Waals surface area contributed by atoms with Crippen LogP contribution in [-0.4, -0.2) is 30.7 Å². The van der Waals surface area contributed by atoms with E-state index in [-0.39, 0.29) is 12.5 Å². The Bertz CT molecular complexity index is 1100. The number of hydrogen-bond donors (Lipinski definition) is 1. The van der Waals surface area contributed by atoms with Gasteiger partial charge in [0, 0.05) is 0 Å². The Labute approximate surface area is 156 Å². The maximum absolute atomic E-state index is 12.6. The predicted molar refractivity (Wildman–Crippen MR) is 103 cm³/mol. The molecular weight excluding hydrogens is 340 g/mol. The minimum Gasteiger partial charge on any atom is -0.321 e. The molecule has 7 nitrogen and oxygen atoms in total. The molecule has 2 aromatic heterocycles. The number of carbonyl (C=O) groups excluding carboxylic acids is 1. The summed E-state index contributed by atoms with van der Waals surface area (Å²) in [6.07, 6.45) is 0. The van der Waals surface area contributed by atoms with Gasteiger partial charge in [-0.25, -0.2) is 4.68 Å². The first kappa shape index (κ1) is 17.0. The van der Waals surface area contributed by atoms with E-state index in [0.29, 0.717) is 6.54 Å². The molecule has 1 N–H and O–H groups in total. The van der Waals surface area contributed by atoms with E-state index < -0.39 is 0 Å². The number of aromatic nitrogens is 5. The van der Waals surface area contributed by atoms with Crippen molar-refractivity contribution in [2.24, 2.45) is 0 Å². The summed E-state index contributed by atoms with van der Waals surface area (Å²) in [5, 5.41) is 15.7. The van der Waals surface area contributed by atoms with Crippen LogP contribution in [0.15, 0.2) is 54.6 Å². The number of fused-ring (bicyclic) bond motifs is 1. The molecule has 0 saturated heterocycles. The summed E-state index contributed by atoms with van der Waals surface area (Å²) in [5.74, 6) is -0.156. The monoisotopic (exact) mass is 360 g/mol. The highest BCUT2D eigenvalue weighted by molar-refractivity contribution is 5.92. The van der Waals surface area contributed by atoms with Crippen molar-refractivity contribution >= 4 is 22.6 Å². The molecule has 4 rings (SSSR count). The topological polar surface area (TPSA) is 77.6 Å². The van der Waals surface area contributed by atoms with Crippen molar-refractivity contribution in [3.63, 3.8) is 0 Å². The summed E-state index contributed by atoms with van der Waals surface area (Å²) in [5.41, 5.74) is 5.23. The van der Waals surface area contributed by atoms with Gasteiger partial charge in [-0.1, -0.05) is 47.7 Å². The minimum absolute atomic E-state index is 0.100. The van der Waals surface area contributed by atoms with Crippen molar-refractivity contribution in [1.29, 1.82) is 0 Å². The molecule has 0 bridgehead atoms. The molecule has 2 heterocycles. The van der Waals surface area contributed by atoms with Crippen molar-refractivity contribution in [1.82, 2.24) is 24.8 Å². The van der Waals surface area contributed by atoms with Gasteiger partial charge < -0.3 is 5.32 Å². The van der Waals surface area contributed by atoms with Crippen LogP contribution in [0.3, 0.4) is 0 Å². The summed E-state index contributed by atoms with van der Waals surface area (Å²) in [6, 6.07) is 17.7. The fourth-order valence-electron chi connectivity index (χ4n) is 3.14. The van der Waals surface area contributed by atoms with Gasteiger partial charge in [-0.2, -0.15) is 5.10 Å². The molecule has 0 aliphatic heterocycles. The molecule has 0 aliphatic carbocycles. The Morgan fingerprint density at radius 3 is 2.56 bits per heavy atom. The molecule has 1 amide bonds. The minimum atomic E-state index is -0.156. The molecule has 0 fully saturated rings. The Balaban J connectivity index is 1.51. The number of para-hydroxylation sites is 1. The molecule has 0 unspecified atom stereocenters. The third-order valence-corrected chi connectivity index (χ3v) is 4.53. The Morgan fingerprint density at radius 1 is 1.00 bits per heavy atom. The van der Waals surface area contributed by atoms with E-state index in [4.69, 9.17) is 0 Å². The number of nitrogens with zero attached hydrogens (tertiary/aromatic N) is 5. The maximum atomic E-state index is 12.6. The van der Waals surface area contributed by atoms with Crippen LogP contribution >= 0.6 is 0 Å². The van der Waals surface area contributed by atoms with Gasteiger partial charge in [0.25, 0.3) is 0 Å². The molecule has 0 aliphatic rings. The maximum Gasteiger partial charge on any atom is 0.246 e. The number of amides is 1. The third kappa shape index (κ3) is 3.44. The largest absolute Gasteiger partial charge is 0.321 e. The Morgan fingerprint density at radius 2 is 1.74 bits per heavy atom. The first-order chi connectivity index (χ1) is 13.1. The van der Waals surface area contributed by atoms with Gasteiger partial charge in [0.1, 0.15) is 12.1 Å². The zero-order valence-corrected chi connectivity index (χ0v) is 15.3. The smallest absolute Gasteiger partial charge is 0.246 e. The first-order valence-electron chi connectivity index (χ1n) is 8.78. The van der Waals surface area contributed by atoms with Gasteiger partial charge in [0.05, 0.1) is 29.1 Å². The number of aryl methyl sites for hydroxylation is 1. The van der Waals surface area contributed by atoms with Crippen molar-refractivity contribution in [3.8, 4) is 0 Å². The quantitative estimate of drug-likeness (QED) is 0.594. The molecule has 0 atom stereocenters. The predicted octanol–water partition coefficient (Wildman–Crippen LogP) is 2.93. The second-order valence-corrected chi connectivity index (χ2v) is 6.47. The van der Waals surface area contributed by atoms with Crippen molar-refractivity contribution < 1.29 is 4.79 Å². The van der Waals surface area contributed by atoms with Crippen LogP contribution in [0.5, 0.6) is 0 Å². The molecule has 27 heavy (non-hydrogen) atoms. The molecule has 7 heteroatoms. The molecular formula is C20H20N6O. The fourth-order valence-corrected chi connectivity index (χ4v) is 3.14. The van der Waals surface area contributed by atoms with E-state index in [2.05, 4.69) is 32.9 Å². The molecule has 0 saturated carbocycles. The van der Waals surface area contributed by atoms with Crippen LogP contribution in [0.1, 0.15) is 17.0 Å². The summed E-state index contributed by atoms with van der Waals surface area (Å²) < 4.78 is 3.51. The van der Waals surface area contributed by atoms with E-state index in [0.717, 1.165) is 33.7 Å². The molecule has 4 aromatic rings. The second-order valence-electron chi connectivity index (χ2n) is 6.47. The zero-order chi connectivity index (χ0) is 18.8. The summed E-state index contributed by atoms with van der Waals surface area (Å²) in [6.45, 7) is 4.62. The molecule has 0 radical (unpaired) electrons. The van der Waals surface area contributed by atoms with Crippen LogP contribution in [0.4, 0.5) is 5.69 Å². The SMILES string of the molecule is Cc1nn(Cc2ccccc2)c(C)c1NC(=O)Cn1nnc2ccccc21. The average molecular weight is 360 g/mol. The van der Waals surface area contributed by atoms with Crippen LogP contribution in [0.2, 0.25) is 0 Å². The van der Waals surface area contributed by atoms with Gasteiger partial charge in [-0.3, -0.25) is 9.48 Å². The van der Waals surface area contributed by atoms with Gasteiger partial charge in [0.15, 0.2) is 0 Å². The normalized spacial score (nSPS) is 11.0. The number of anilines is 1. The molecule has 2 aromatic carbocycles. The van der Waals surface area contributed by atoms with Gasteiger partial charge >= 0.3 is 0 Å². The van der Waals surface area contributed by atoms with Crippen molar-refractivity contribution in [2.75, 3.05) is 5.32 Å². The summed E-state index contributed by atoms with van der Waals surface area (Å²) in [4.78, 5) is 12.6. The highest BCUT2D eigenvalue weighted by atomic mass is 16.2. The van der Waals surface area contributed by atoms with Crippen LogP contribution < -0.4 is 5.32 Å². The Kier molecular flexibility index (Phi) is 4.42. The second kappa shape index (κ2) is 7.03. The van der Waals surface area contributed by atoms with Gasteiger partial charge in [0.2, 0.25) is 5.91 Å². The molecule has 136 valence electrons. The zero-order valence-electron chi connectivity index (χ0n) is 15.3. The van der Waals surface area contributed by atoms with E-state index >= 15 is 0 Å². The first-order valence-corrected chi connectivity index (χ1v) is 8.78. The van der Waals surface area contributed by atoms with E-state index in [1.807, 2.05) is 61.0 Å². The van der Waals surface area contributed by atoms with E-state index in [9.17, 15) is 4.79 Å². The highest BCUT2D eigenvalue weighted by Crippen LogP contribution is 2.20. The lowest BCUT2D eigenvalue weighted by Crippen LogP contribution is -2.20. The highest BCUT2D eigenvalue weighted by Gasteiger charge is 2.16. The van der Waals surface area contributed by atoms with Gasteiger partial charge in [-0.15, -0.1) is 5.10 Å². The van der Waals surface area contributed by atoms with E-state index in [1.54, 1.807) is 4.68 Å². The number of hydrogen-bond acceptors (Lipinski definition) is 4. The lowest BCUT2D eigenvalue weighted by Gasteiger charge is -2.08. The van der Waals surface area contributed by atoms with Crippen LogP contribution in [0, 0.1) is 13.8 Å². The number of benzene rings is 2. The van der Waals surface area contributed by atoms with E-state index in [1.165, 1.54) is 0 Å². The van der Waals surface area contributed by atoms with Crippen molar-refractivity contribution in [3.05, 3.63) is 71.5 Å². The number of nitrogens with one attached hydrogen (secondary N) is 1. The summed E-state index contributed by atoms with van der Waals surface area (Å²) >= 11 is 0. The van der Waals surface area contributed by atoms with Crippen LogP contribution in [-0.2, 0) is 17.9 Å². The third-order valence-electron chi connectivity index (χ3n) is 4.53. The lowest BCUT2D eigenvalue weighted by atomic mass is 10.2. The molecule has 0 spiro atoms. The Hall–Kier alpha value is -3.48. The van der Waals surface area contributed by atoms with Crippen molar-refractivity contribution in [2.45, 2.75) is 26.9 Å². The number of carbonyl (C=O) groups is 1.